The fraction of sp³-hybridized carbons (Fsp3) is 0.300. The molecule has 1 amide bonds. The first-order chi connectivity index (χ1) is 7.16. The monoisotopic (exact) mass is 271 g/mol. The summed E-state index contributed by atoms with van der Waals surface area (Å²) in [5, 5.41) is 12.1. The summed E-state index contributed by atoms with van der Waals surface area (Å²) in [4.78, 5) is 11.0. The summed E-state index contributed by atoms with van der Waals surface area (Å²) < 4.78 is 5.40. The first-order valence-corrected chi connectivity index (χ1v) is 5.38. The number of hydrogen-bond donors (Lipinski definition) is 2. The van der Waals surface area contributed by atoms with E-state index in [9.17, 15) is 9.90 Å². The van der Waals surface area contributed by atoms with Crippen molar-refractivity contribution in [3.63, 3.8) is 0 Å². The van der Waals surface area contributed by atoms with E-state index in [0.29, 0.717) is 11.1 Å². The summed E-state index contributed by atoms with van der Waals surface area (Å²) in [6.07, 6.45) is 0.346. The zero-order valence-electron chi connectivity index (χ0n) is 7.87. The first-order valence-electron chi connectivity index (χ1n) is 4.58. The lowest BCUT2D eigenvalue weighted by molar-refractivity contribution is 0.115. The van der Waals surface area contributed by atoms with Crippen LogP contribution in [0.2, 0.25) is 0 Å². The number of amides is 1. The van der Waals surface area contributed by atoms with Crippen LogP contribution in [0.1, 0.15) is 18.0 Å². The number of aromatic hydroxyl groups is 1. The molecule has 0 unspecified atom stereocenters. The number of carbonyl (C=O) groups excluding carboxylic acids is 1. The normalized spacial score (nSPS) is 20.6. The van der Waals surface area contributed by atoms with Crippen molar-refractivity contribution in [2.45, 2.75) is 12.5 Å². The Kier molecular flexibility index (Phi) is 2.81. The number of phenols is 1. The van der Waals surface area contributed by atoms with Crippen LogP contribution in [0.4, 0.5) is 4.79 Å². The Labute approximate surface area is 95.4 Å². The van der Waals surface area contributed by atoms with Gasteiger partial charge in [0, 0.05) is 6.42 Å². The van der Waals surface area contributed by atoms with Gasteiger partial charge in [-0.25, -0.2) is 4.79 Å². The van der Waals surface area contributed by atoms with Crippen molar-refractivity contribution in [1.29, 1.82) is 0 Å². The predicted molar refractivity (Wildman–Crippen MR) is 57.6 cm³/mol. The van der Waals surface area contributed by atoms with Gasteiger partial charge in [-0.3, -0.25) is 0 Å². The molecule has 2 N–H and O–H groups in total. The molecule has 1 fully saturated rings. The Morgan fingerprint density at radius 1 is 1.53 bits per heavy atom. The van der Waals surface area contributed by atoms with Crippen LogP contribution in [-0.4, -0.2) is 17.8 Å². The minimum absolute atomic E-state index is 0.0388. The van der Waals surface area contributed by atoms with Crippen LogP contribution in [0, 0.1) is 0 Å². The number of nitrogens with one attached hydrogen (secondary N) is 1. The van der Waals surface area contributed by atoms with Crippen LogP contribution in [0.5, 0.6) is 5.75 Å². The molecular formula is C10H10BrNO3. The number of phenolic OH excluding ortho intramolecular Hbond substituents is 1. The molecule has 1 saturated heterocycles. The van der Waals surface area contributed by atoms with Gasteiger partial charge in [0.1, 0.15) is 5.75 Å². The van der Waals surface area contributed by atoms with Crippen LogP contribution in [0.15, 0.2) is 22.7 Å². The molecule has 0 aliphatic carbocycles. The van der Waals surface area contributed by atoms with Gasteiger partial charge in [-0.1, -0.05) is 6.07 Å². The summed E-state index contributed by atoms with van der Waals surface area (Å²) in [5.74, 6) is 0.192. The van der Waals surface area contributed by atoms with Crippen molar-refractivity contribution in [2.24, 2.45) is 0 Å². The van der Waals surface area contributed by atoms with Crippen LogP contribution < -0.4 is 5.32 Å². The second kappa shape index (κ2) is 4.10. The van der Waals surface area contributed by atoms with Gasteiger partial charge < -0.3 is 15.2 Å². The largest absolute Gasteiger partial charge is 0.507 e. The number of benzene rings is 1. The third kappa shape index (κ3) is 2.23. The molecule has 1 aliphatic rings. The molecule has 1 atom stereocenters. The molecule has 0 radical (unpaired) electrons. The summed E-state index contributed by atoms with van der Waals surface area (Å²) in [5.41, 5.74) is 0.955. The van der Waals surface area contributed by atoms with Gasteiger partial charge in [-0.15, -0.1) is 0 Å². The minimum Gasteiger partial charge on any atom is -0.507 e. The molecular weight excluding hydrogens is 262 g/mol. The van der Waals surface area contributed by atoms with E-state index in [2.05, 4.69) is 21.2 Å². The third-order valence-electron chi connectivity index (χ3n) is 2.31. The van der Waals surface area contributed by atoms with E-state index in [1.165, 1.54) is 0 Å². The molecule has 4 nitrogen and oxygen atoms in total. The summed E-state index contributed by atoms with van der Waals surface area (Å²) >= 11 is 3.23. The number of hydrogen-bond acceptors (Lipinski definition) is 3. The highest BCUT2D eigenvalue weighted by molar-refractivity contribution is 9.10. The highest BCUT2D eigenvalue weighted by Gasteiger charge is 2.21. The second-order valence-corrected chi connectivity index (χ2v) is 4.19. The zero-order valence-corrected chi connectivity index (χ0v) is 9.45. The van der Waals surface area contributed by atoms with Gasteiger partial charge in [-0.2, -0.15) is 0 Å². The number of cyclic esters (lactones) is 1. The molecule has 1 heterocycles. The van der Waals surface area contributed by atoms with Crippen molar-refractivity contribution >= 4 is 22.0 Å². The van der Waals surface area contributed by atoms with Gasteiger partial charge >= 0.3 is 6.09 Å². The Morgan fingerprint density at radius 3 is 3.00 bits per heavy atom. The van der Waals surface area contributed by atoms with Crippen LogP contribution in [-0.2, 0) is 4.74 Å². The standard InChI is InChI=1S/C10H10BrNO3/c11-7-5-6(1-2-9(7)13)8-3-4-15-10(14)12-8/h1-2,5,8,13H,3-4H2,(H,12,14)/t8-/m1/s1. The van der Waals surface area contributed by atoms with Gasteiger partial charge in [-0.05, 0) is 33.6 Å². The lowest BCUT2D eigenvalue weighted by Crippen LogP contribution is -2.35. The quantitative estimate of drug-likeness (QED) is 0.824. The summed E-state index contributed by atoms with van der Waals surface area (Å²) in [6, 6.07) is 5.14. The minimum atomic E-state index is -0.393. The van der Waals surface area contributed by atoms with E-state index in [0.717, 1.165) is 12.0 Å². The van der Waals surface area contributed by atoms with Gasteiger partial charge in [0.2, 0.25) is 0 Å². The lowest BCUT2D eigenvalue weighted by atomic mass is 10.0. The highest BCUT2D eigenvalue weighted by atomic mass is 79.9. The van der Waals surface area contributed by atoms with Crippen LogP contribution in [0.3, 0.4) is 0 Å². The van der Waals surface area contributed by atoms with E-state index in [4.69, 9.17) is 4.74 Å². The Balaban J connectivity index is 2.21. The van der Waals surface area contributed by atoms with E-state index in [-0.39, 0.29) is 11.8 Å². The molecule has 2 rings (SSSR count). The van der Waals surface area contributed by atoms with Gasteiger partial charge in [0.05, 0.1) is 17.1 Å². The predicted octanol–water partition coefficient (Wildman–Crippen LogP) is 2.33. The summed E-state index contributed by atoms with van der Waals surface area (Å²) in [6.45, 7) is 0.426. The number of carbonyl (C=O) groups is 1. The average Bonchev–Trinajstić information content (AvgIpc) is 2.22. The molecule has 5 heteroatoms. The smallest absolute Gasteiger partial charge is 0.407 e. The Bertz CT molecular complexity index is 394. The number of halogens is 1. The van der Waals surface area contributed by atoms with Gasteiger partial charge in [0.25, 0.3) is 0 Å². The van der Waals surface area contributed by atoms with Crippen molar-refractivity contribution in [3.8, 4) is 5.75 Å². The lowest BCUT2D eigenvalue weighted by Gasteiger charge is -2.23. The van der Waals surface area contributed by atoms with E-state index in [1.807, 2.05) is 0 Å². The van der Waals surface area contributed by atoms with Crippen molar-refractivity contribution in [2.75, 3.05) is 6.61 Å². The SMILES string of the molecule is O=C1N[C@@H](c2ccc(O)c(Br)c2)CCO1. The van der Waals surface area contributed by atoms with E-state index >= 15 is 0 Å². The molecule has 1 aromatic rings. The molecule has 1 aliphatic heterocycles. The van der Waals surface area contributed by atoms with E-state index in [1.54, 1.807) is 18.2 Å². The maximum Gasteiger partial charge on any atom is 0.407 e. The van der Waals surface area contributed by atoms with Crippen molar-refractivity contribution in [1.82, 2.24) is 5.32 Å². The molecule has 0 saturated carbocycles. The third-order valence-corrected chi connectivity index (χ3v) is 2.94. The number of rotatable bonds is 1. The Morgan fingerprint density at radius 2 is 2.33 bits per heavy atom. The molecule has 0 spiro atoms. The molecule has 0 bridgehead atoms. The van der Waals surface area contributed by atoms with Crippen LogP contribution >= 0.6 is 15.9 Å². The zero-order chi connectivity index (χ0) is 10.8. The fourth-order valence-corrected chi connectivity index (χ4v) is 1.91. The topological polar surface area (TPSA) is 58.6 Å². The van der Waals surface area contributed by atoms with Crippen LogP contribution in [0.25, 0.3) is 0 Å². The van der Waals surface area contributed by atoms with Crippen molar-refractivity contribution < 1.29 is 14.6 Å². The highest BCUT2D eigenvalue weighted by Crippen LogP contribution is 2.29. The van der Waals surface area contributed by atoms with Crippen molar-refractivity contribution in [3.05, 3.63) is 28.2 Å². The maximum atomic E-state index is 11.0. The average molecular weight is 272 g/mol. The number of ether oxygens (including phenoxy) is 1. The van der Waals surface area contributed by atoms with E-state index < -0.39 is 6.09 Å². The second-order valence-electron chi connectivity index (χ2n) is 3.33. The molecule has 80 valence electrons. The number of alkyl carbamates (subject to hydrolysis) is 1. The molecule has 1 aromatic carbocycles. The van der Waals surface area contributed by atoms with Gasteiger partial charge in [0.15, 0.2) is 0 Å². The summed E-state index contributed by atoms with van der Waals surface area (Å²) in [7, 11) is 0. The Hall–Kier alpha value is -1.23. The molecule has 15 heavy (non-hydrogen) atoms. The first kappa shape index (κ1) is 10.3. The molecule has 0 aromatic heterocycles. The maximum absolute atomic E-state index is 11.0. The fourth-order valence-electron chi connectivity index (χ4n) is 1.52.